The number of fused-ring (bicyclic) bond motifs is 2. The van der Waals surface area contributed by atoms with E-state index >= 15 is 0 Å². The SMILES string of the molecule is CN1Sc2ccccc2C(NCCCCCCC(=O)O)c2ccccc21. The highest BCUT2D eigenvalue weighted by Crippen LogP contribution is 2.42. The second-order valence-corrected chi connectivity index (χ2v) is 7.80. The monoisotopic (exact) mass is 370 g/mol. The van der Waals surface area contributed by atoms with Crippen molar-refractivity contribution in [1.29, 1.82) is 0 Å². The summed E-state index contributed by atoms with van der Waals surface area (Å²) in [4.78, 5) is 11.9. The second kappa shape index (κ2) is 9.10. The number of carbonyl (C=O) groups is 1. The van der Waals surface area contributed by atoms with Crippen molar-refractivity contribution in [2.24, 2.45) is 0 Å². The van der Waals surface area contributed by atoms with E-state index in [-0.39, 0.29) is 12.5 Å². The van der Waals surface area contributed by atoms with Gasteiger partial charge in [0.1, 0.15) is 0 Å². The van der Waals surface area contributed by atoms with E-state index in [1.807, 2.05) is 0 Å². The molecule has 0 amide bonds. The van der Waals surface area contributed by atoms with E-state index in [4.69, 9.17) is 5.11 Å². The first-order valence-electron chi connectivity index (χ1n) is 9.21. The number of rotatable bonds is 8. The molecule has 2 N–H and O–H groups in total. The average Bonchev–Trinajstić information content (AvgIpc) is 2.76. The third kappa shape index (κ3) is 4.59. The van der Waals surface area contributed by atoms with Crippen LogP contribution in [0.4, 0.5) is 5.69 Å². The summed E-state index contributed by atoms with van der Waals surface area (Å²) >= 11 is 1.77. The lowest BCUT2D eigenvalue weighted by Crippen LogP contribution is -2.24. The molecule has 0 aliphatic carbocycles. The molecule has 1 unspecified atom stereocenters. The van der Waals surface area contributed by atoms with Crippen LogP contribution in [0, 0.1) is 0 Å². The van der Waals surface area contributed by atoms with Crippen LogP contribution < -0.4 is 9.62 Å². The van der Waals surface area contributed by atoms with E-state index in [0.717, 1.165) is 32.2 Å². The minimum Gasteiger partial charge on any atom is -0.481 e. The van der Waals surface area contributed by atoms with Gasteiger partial charge in [0.05, 0.1) is 11.7 Å². The molecule has 0 fully saturated rings. The smallest absolute Gasteiger partial charge is 0.303 e. The molecule has 2 aromatic carbocycles. The van der Waals surface area contributed by atoms with E-state index < -0.39 is 5.97 Å². The Hall–Kier alpha value is -1.98. The van der Waals surface area contributed by atoms with Gasteiger partial charge in [-0.05, 0) is 54.6 Å². The van der Waals surface area contributed by atoms with Crippen molar-refractivity contribution in [1.82, 2.24) is 5.32 Å². The lowest BCUT2D eigenvalue weighted by atomic mass is 9.96. The number of carboxylic acid groups (broad SMARTS) is 1. The number of hydrogen-bond acceptors (Lipinski definition) is 4. The van der Waals surface area contributed by atoms with Crippen molar-refractivity contribution in [2.45, 2.75) is 43.0 Å². The fourth-order valence-electron chi connectivity index (χ4n) is 3.41. The van der Waals surface area contributed by atoms with Gasteiger partial charge in [0.25, 0.3) is 0 Å². The molecule has 0 bridgehead atoms. The summed E-state index contributed by atoms with van der Waals surface area (Å²) in [7, 11) is 2.12. The van der Waals surface area contributed by atoms with Gasteiger partial charge in [-0.1, -0.05) is 49.2 Å². The molecule has 2 aromatic rings. The maximum atomic E-state index is 10.6. The zero-order valence-corrected chi connectivity index (χ0v) is 16.0. The van der Waals surface area contributed by atoms with E-state index in [2.05, 4.69) is 65.2 Å². The Labute approximate surface area is 159 Å². The summed E-state index contributed by atoms with van der Waals surface area (Å²) in [6.07, 6.45) is 4.14. The lowest BCUT2D eigenvalue weighted by molar-refractivity contribution is -0.137. The van der Waals surface area contributed by atoms with Crippen LogP contribution in [0.15, 0.2) is 53.4 Å². The Morgan fingerprint density at radius 3 is 2.54 bits per heavy atom. The van der Waals surface area contributed by atoms with Crippen LogP contribution in [-0.2, 0) is 4.79 Å². The molecule has 1 heterocycles. The molecule has 0 saturated carbocycles. The third-order valence-electron chi connectivity index (χ3n) is 4.72. The van der Waals surface area contributed by atoms with Crippen molar-refractivity contribution in [3.05, 3.63) is 59.7 Å². The summed E-state index contributed by atoms with van der Waals surface area (Å²) < 4.78 is 2.24. The first-order valence-corrected chi connectivity index (χ1v) is 9.99. The topological polar surface area (TPSA) is 52.6 Å². The fourth-order valence-corrected chi connectivity index (χ4v) is 4.40. The van der Waals surface area contributed by atoms with Crippen LogP contribution in [0.5, 0.6) is 0 Å². The largest absolute Gasteiger partial charge is 0.481 e. The Morgan fingerprint density at radius 2 is 1.73 bits per heavy atom. The molecule has 4 nitrogen and oxygen atoms in total. The Kier molecular flexibility index (Phi) is 6.58. The van der Waals surface area contributed by atoms with Crippen LogP contribution in [-0.4, -0.2) is 24.7 Å². The molecule has 138 valence electrons. The van der Waals surface area contributed by atoms with Crippen molar-refractivity contribution in [2.75, 3.05) is 17.9 Å². The maximum absolute atomic E-state index is 10.6. The molecule has 0 radical (unpaired) electrons. The zero-order valence-electron chi connectivity index (χ0n) is 15.1. The van der Waals surface area contributed by atoms with Crippen molar-refractivity contribution in [3.8, 4) is 0 Å². The number of para-hydroxylation sites is 1. The number of anilines is 1. The van der Waals surface area contributed by atoms with Gasteiger partial charge in [0.2, 0.25) is 0 Å². The second-order valence-electron chi connectivity index (χ2n) is 6.63. The van der Waals surface area contributed by atoms with Gasteiger partial charge in [0.15, 0.2) is 0 Å². The summed E-state index contributed by atoms with van der Waals surface area (Å²) in [5.74, 6) is -0.698. The normalized spacial score (nSPS) is 15.9. The zero-order chi connectivity index (χ0) is 18.4. The van der Waals surface area contributed by atoms with Crippen LogP contribution in [0.1, 0.15) is 49.3 Å². The summed E-state index contributed by atoms with van der Waals surface area (Å²) in [5, 5.41) is 12.4. The highest BCUT2D eigenvalue weighted by atomic mass is 32.2. The molecule has 5 heteroatoms. The summed E-state index contributed by atoms with van der Waals surface area (Å²) in [5.41, 5.74) is 3.87. The van der Waals surface area contributed by atoms with Crippen LogP contribution in [0.2, 0.25) is 0 Å². The average molecular weight is 371 g/mol. The predicted molar refractivity (Wildman–Crippen MR) is 108 cm³/mol. The van der Waals surface area contributed by atoms with Crippen molar-refractivity contribution in [3.63, 3.8) is 0 Å². The molecular formula is C21H26N2O2S. The Balaban J connectivity index is 1.68. The van der Waals surface area contributed by atoms with Gasteiger partial charge >= 0.3 is 5.97 Å². The van der Waals surface area contributed by atoms with Gasteiger partial charge in [0, 0.05) is 18.4 Å². The van der Waals surface area contributed by atoms with Gasteiger partial charge < -0.3 is 14.7 Å². The van der Waals surface area contributed by atoms with Crippen molar-refractivity contribution < 1.29 is 9.90 Å². The van der Waals surface area contributed by atoms with Crippen LogP contribution in [0.25, 0.3) is 0 Å². The number of benzene rings is 2. The quantitative estimate of drug-likeness (QED) is 0.513. The lowest BCUT2D eigenvalue weighted by Gasteiger charge is -2.22. The van der Waals surface area contributed by atoms with Crippen molar-refractivity contribution >= 4 is 23.6 Å². The number of carboxylic acids is 1. The summed E-state index contributed by atoms with van der Waals surface area (Å²) in [6.45, 7) is 0.925. The third-order valence-corrected chi connectivity index (χ3v) is 5.76. The van der Waals surface area contributed by atoms with Gasteiger partial charge in [-0.3, -0.25) is 4.79 Å². The molecular weight excluding hydrogens is 344 g/mol. The number of unbranched alkanes of at least 4 members (excludes halogenated alkanes) is 3. The van der Waals surface area contributed by atoms with E-state index in [1.54, 1.807) is 11.9 Å². The standard InChI is InChI=1S/C21H26N2O2S/c1-23-18-12-7-5-10-16(18)21(17-11-6-8-13-19(17)26-23)22-15-9-3-2-4-14-20(24)25/h5-8,10-13,21-22H,2-4,9,14-15H2,1H3,(H,24,25). The molecule has 1 atom stereocenters. The van der Waals surface area contributed by atoms with Gasteiger partial charge in [-0.25, -0.2) is 0 Å². The molecule has 1 aliphatic rings. The number of hydrogen-bond donors (Lipinski definition) is 2. The van der Waals surface area contributed by atoms with Crippen LogP contribution in [0.3, 0.4) is 0 Å². The molecule has 26 heavy (non-hydrogen) atoms. The van der Waals surface area contributed by atoms with E-state index in [9.17, 15) is 4.79 Å². The van der Waals surface area contributed by atoms with Gasteiger partial charge in [-0.2, -0.15) is 0 Å². The highest BCUT2D eigenvalue weighted by molar-refractivity contribution is 8.00. The highest BCUT2D eigenvalue weighted by Gasteiger charge is 2.25. The van der Waals surface area contributed by atoms with Crippen LogP contribution >= 0.6 is 11.9 Å². The fraction of sp³-hybridized carbons (Fsp3) is 0.381. The molecule has 0 aromatic heterocycles. The first-order chi connectivity index (χ1) is 12.7. The van der Waals surface area contributed by atoms with E-state index in [0.29, 0.717) is 0 Å². The predicted octanol–water partition coefficient (Wildman–Crippen LogP) is 4.86. The number of nitrogens with one attached hydrogen (secondary N) is 1. The maximum Gasteiger partial charge on any atom is 0.303 e. The Bertz CT molecular complexity index is 750. The molecule has 0 saturated heterocycles. The van der Waals surface area contributed by atoms with Gasteiger partial charge in [-0.15, -0.1) is 0 Å². The van der Waals surface area contributed by atoms with E-state index in [1.165, 1.54) is 21.7 Å². The summed E-state index contributed by atoms with van der Waals surface area (Å²) in [6, 6.07) is 17.3. The Morgan fingerprint density at radius 1 is 1.04 bits per heavy atom. The molecule has 1 aliphatic heterocycles. The minimum atomic E-state index is -0.698. The number of nitrogens with zero attached hydrogens (tertiary/aromatic N) is 1. The molecule has 0 spiro atoms. The first kappa shape index (κ1) is 18.8. The number of aliphatic carboxylic acids is 1. The minimum absolute atomic E-state index is 0.180. The molecule has 3 rings (SSSR count).